The van der Waals surface area contributed by atoms with Gasteiger partial charge in [0.15, 0.2) is 0 Å². The molecule has 80 heavy (non-hydrogen) atoms. The molecule has 0 aliphatic carbocycles. The Morgan fingerprint density at radius 1 is 0.362 bits per heavy atom. The summed E-state index contributed by atoms with van der Waals surface area (Å²) in [4.78, 5) is 7.34. The zero-order chi connectivity index (χ0) is 56.6. The van der Waals surface area contributed by atoms with E-state index in [0.29, 0.717) is 5.25 Å². The van der Waals surface area contributed by atoms with Crippen LogP contribution in [0.1, 0.15) is 394 Å². The predicted octanol–water partition coefficient (Wildman–Crippen LogP) is 28.9. The summed E-state index contributed by atoms with van der Waals surface area (Å²) in [6, 6.07) is 5.20. The van der Waals surface area contributed by atoms with Crippen LogP contribution in [0.2, 0.25) is 0 Å². The van der Waals surface area contributed by atoms with E-state index in [9.17, 15) is 0 Å². The summed E-state index contributed by atoms with van der Waals surface area (Å²) in [5, 5.41) is 0.417. The van der Waals surface area contributed by atoms with Crippen molar-refractivity contribution < 1.29 is 0 Å². The van der Waals surface area contributed by atoms with Crippen LogP contribution in [0.3, 0.4) is 0 Å². The van der Waals surface area contributed by atoms with E-state index in [1.807, 2.05) is 22.7 Å². The van der Waals surface area contributed by atoms with Gasteiger partial charge in [0.1, 0.15) is 0 Å². The van der Waals surface area contributed by atoms with Crippen molar-refractivity contribution in [2.75, 3.05) is 13.1 Å². The summed E-state index contributed by atoms with van der Waals surface area (Å²) in [6.45, 7) is 9.25. The summed E-state index contributed by atoms with van der Waals surface area (Å²) >= 11 is 14.4. The van der Waals surface area contributed by atoms with Crippen LogP contribution >= 0.6 is 66.3 Å². The van der Waals surface area contributed by atoms with Gasteiger partial charge >= 0.3 is 0 Å². The lowest BCUT2D eigenvalue weighted by molar-refractivity contribution is 0.403. The summed E-state index contributed by atoms with van der Waals surface area (Å²) in [5.74, 6) is 0. The first-order valence-electron chi connectivity index (χ1n) is 36.0. The molecule has 0 amide bonds. The van der Waals surface area contributed by atoms with E-state index < -0.39 is 0 Å². The average Bonchev–Trinajstić information content (AvgIpc) is 4.28. The van der Waals surface area contributed by atoms with E-state index in [-0.39, 0.29) is 0 Å². The quantitative estimate of drug-likeness (QED) is 0.0607. The van der Waals surface area contributed by atoms with E-state index in [2.05, 4.69) is 87.6 Å². The number of nitrogens with zero attached hydrogens (tertiary/aromatic N) is 1. The van der Waals surface area contributed by atoms with Crippen LogP contribution in [0.15, 0.2) is 37.1 Å². The van der Waals surface area contributed by atoms with Crippen LogP contribution in [-0.4, -0.2) is 18.0 Å². The van der Waals surface area contributed by atoms with Crippen LogP contribution in [-0.2, 0) is 12.8 Å². The molecule has 0 radical (unpaired) electrons. The first-order chi connectivity index (χ1) is 39.5. The molecule has 0 bridgehead atoms. The largest absolute Gasteiger partial charge is 0.373 e. The third-order valence-corrected chi connectivity index (χ3v) is 24.0. The van der Waals surface area contributed by atoms with Crippen molar-refractivity contribution in [3.63, 3.8) is 0 Å². The van der Waals surface area contributed by atoms with E-state index in [1.165, 1.54) is 379 Å². The van der Waals surface area contributed by atoms with Crippen molar-refractivity contribution in [2.45, 2.75) is 386 Å². The van der Waals surface area contributed by atoms with Crippen LogP contribution in [0, 0.1) is 0 Å². The standard InChI is InChI=1S/C74H129Br2NS3/c1-4-7-10-13-16-19-22-25-28-31-34-37-40-43-46-49-52-55-58-65-61-69(78-73(65)75)71-67-63-77(60-57-54-51-48-45-42-39-36-33-30-27-24-21-18-15-12-9-6-3)64-68(67)72(80-71)70-62-66(74(76)79-70)59-56-53-50-47-44-41-38-35-32-29-26-23-20-17-14-11-8-5-2/h61-63,71H,4-60,64H2,1-3H3. The van der Waals surface area contributed by atoms with E-state index in [4.69, 9.17) is 0 Å². The van der Waals surface area contributed by atoms with Crippen molar-refractivity contribution in [2.24, 2.45) is 0 Å². The minimum atomic E-state index is 0.417. The molecule has 0 aromatic carbocycles. The second-order valence-electron chi connectivity index (χ2n) is 25.7. The highest BCUT2D eigenvalue weighted by molar-refractivity contribution is 9.11. The van der Waals surface area contributed by atoms with Crippen molar-refractivity contribution in [3.05, 3.63) is 57.9 Å². The molecule has 1 atom stereocenters. The normalized spacial score (nSPS) is 14.4. The zero-order valence-electron chi connectivity index (χ0n) is 53.2. The lowest BCUT2D eigenvalue weighted by atomic mass is 10.0. The maximum absolute atomic E-state index is 4.10. The fourth-order valence-corrected chi connectivity index (χ4v) is 18.3. The van der Waals surface area contributed by atoms with Crippen LogP contribution in [0.5, 0.6) is 0 Å². The van der Waals surface area contributed by atoms with Gasteiger partial charge in [-0.1, -0.05) is 348 Å². The summed E-state index contributed by atoms with van der Waals surface area (Å²) in [5.41, 5.74) is 6.33. The molecule has 462 valence electrons. The number of aryl methyl sites for hydroxylation is 2. The van der Waals surface area contributed by atoms with Crippen LogP contribution in [0.25, 0.3) is 4.91 Å². The Morgan fingerprint density at radius 2 is 0.650 bits per heavy atom. The van der Waals surface area contributed by atoms with Gasteiger partial charge in [-0.2, -0.15) is 0 Å². The van der Waals surface area contributed by atoms with Gasteiger partial charge in [0, 0.05) is 33.9 Å². The smallest absolute Gasteiger partial charge is 0.0737 e. The Bertz CT molecular complexity index is 1790. The molecule has 0 saturated heterocycles. The maximum Gasteiger partial charge on any atom is 0.0737 e. The van der Waals surface area contributed by atoms with Crippen LogP contribution < -0.4 is 0 Å². The molecular formula is C74H129Br2NS3. The molecule has 4 rings (SSSR count). The number of hydrogen-bond acceptors (Lipinski definition) is 4. The molecule has 1 nitrogen and oxygen atoms in total. The third kappa shape index (κ3) is 34.4. The minimum absolute atomic E-state index is 0.417. The first-order valence-corrected chi connectivity index (χ1v) is 40.1. The lowest BCUT2D eigenvalue weighted by Crippen LogP contribution is -2.16. The fraction of sp³-hybridized carbons (Fsp3) is 0.838. The second kappa shape index (κ2) is 51.1. The highest BCUT2D eigenvalue weighted by Gasteiger charge is 2.38. The second-order valence-corrected chi connectivity index (χ2v) is 31.6. The zero-order valence-corrected chi connectivity index (χ0v) is 58.9. The molecule has 2 aliphatic heterocycles. The minimum Gasteiger partial charge on any atom is -0.373 e. The van der Waals surface area contributed by atoms with Crippen molar-refractivity contribution in [1.29, 1.82) is 0 Å². The van der Waals surface area contributed by atoms with Crippen molar-refractivity contribution >= 4 is 71.2 Å². The third-order valence-electron chi connectivity index (χ3n) is 18.2. The Kier molecular flexibility index (Phi) is 46.3. The molecule has 1 unspecified atom stereocenters. The van der Waals surface area contributed by atoms with E-state index >= 15 is 0 Å². The Hall–Kier alpha value is -0.0100. The molecule has 0 N–H and O–H groups in total. The predicted molar refractivity (Wildman–Crippen MR) is 375 cm³/mol. The van der Waals surface area contributed by atoms with Gasteiger partial charge in [-0.15, -0.1) is 34.4 Å². The highest BCUT2D eigenvalue weighted by Crippen LogP contribution is 2.60. The Balaban J connectivity index is 1.15. The molecule has 4 heterocycles. The monoisotopic (exact) mass is 1290 g/mol. The number of thiophene rings is 2. The number of unbranched alkanes of at least 4 members (excludes halogenated alkanes) is 51. The van der Waals surface area contributed by atoms with Gasteiger partial charge < -0.3 is 4.90 Å². The summed E-state index contributed by atoms with van der Waals surface area (Å²) in [6.07, 6.45) is 82.6. The van der Waals surface area contributed by atoms with E-state index in [0.717, 1.165) is 6.54 Å². The van der Waals surface area contributed by atoms with Gasteiger partial charge in [0.05, 0.1) is 12.8 Å². The summed E-state index contributed by atoms with van der Waals surface area (Å²) < 4.78 is 2.76. The van der Waals surface area contributed by atoms with Gasteiger partial charge in [-0.25, -0.2) is 0 Å². The number of hydrogen-bond donors (Lipinski definition) is 0. The SMILES string of the molecule is CCCCCCCCCCCCCCCCCCCCc1cc(C2=C3CN(CCCCCCCCCCCCCCCCCCCC)C=C3C(c3cc(CCCCCCCCCCCCCCCCCCCC)c(Br)s3)S2)sc1Br. The van der Waals surface area contributed by atoms with Gasteiger partial charge in [-0.3, -0.25) is 0 Å². The number of fused-ring (bicyclic) bond motifs is 1. The van der Waals surface area contributed by atoms with Gasteiger partial charge in [0.2, 0.25) is 0 Å². The molecule has 2 aliphatic rings. The highest BCUT2D eigenvalue weighted by atomic mass is 79.9. The first kappa shape index (κ1) is 72.5. The maximum atomic E-state index is 4.10. The molecule has 0 fully saturated rings. The van der Waals surface area contributed by atoms with Crippen LogP contribution in [0.4, 0.5) is 0 Å². The average molecular weight is 1290 g/mol. The Morgan fingerprint density at radius 3 is 0.988 bits per heavy atom. The number of thioether (sulfide) groups is 1. The van der Waals surface area contributed by atoms with Crippen molar-refractivity contribution in [3.8, 4) is 0 Å². The lowest BCUT2D eigenvalue weighted by Gasteiger charge is -2.16. The summed E-state index contributed by atoms with van der Waals surface area (Å²) in [7, 11) is 0. The van der Waals surface area contributed by atoms with Gasteiger partial charge in [-0.05, 0) is 98.4 Å². The molecule has 6 heteroatoms. The topological polar surface area (TPSA) is 3.24 Å². The molecule has 0 spiro atoms. The van der Waals surface area contributed by atoms with Gasteiger partial charge in [0.25, 0.3) is 0 Å². The fourth-order valence-electron chi connectivity index (χ4n) is 12.9. The number of rotatable bonds is 59. The molecule has 2 aromatic heterocycles. The van der Waals surface area contributed by atoms with E-state index in [1.54, 1.807) is 32.1 Å². The molecule has 0 saturated carbocycles. The molecule has 2 aromatic rings. The molecular weight excluding hydrogens is 1160 g/mol. The van der Waals surface area contributed by atoms with Crippen molar-refractivity contribution in [1.82, 2.24) is 4.90 Å². The number of halogens is 2. The Labute approximate surface area is 528 Å².